The minimum Gasteiger partial charge on any atom is -0.389 e. The Morgan fingerprint density at radius 2 is 1.81 bits per heavy atom. The van der Waals surface area contributed by atoms with E-state index in [-0.39, 0.29) is 5.60 Å². The van der Waals surface area contributed by atoms with E-state index in [0.717, 1.165) is 13.2 Å². The molecule has 0 saturated heterocycles. The molecule has 98 valence electrons. The van der Waals surface area contributed by atoms with Crippen molar-refractivity contribution in [2.75, 3.05) is 33.4 Å². The van der Waals surface area contributed by atoms with Gasteiger partial charge in [-0.3, -0.25) is 0 Å². The molecule has 16 heavy (non-hydrogen) atoms. The van der Waals surface area contributed by atoms with Gasteiger partial charge in [0.15, 0.2) is 0 Å². The number of aliphatic hydroxyl groups is 1. The van der Waals surface area contributed by atoms with Crippen molar-refractivity contribution < 1.29 is 14.6 Å². The van der Waals surface area contributed by atoms with Gasteiger partial charge in [-0.15, -0.1) is 0 Å². The Balaban J connectivity index is 3.47. The largest absolute Gasteiger partial charge is 0.389 e. The molecule has 0 aliphatic rings. The van der Waals surface area contributed by atoms with E-state index in [9.17, 15) is 5.11 Å². The Morgan fingerprint density at radius 3 is 2.31 bits per heavy atom. The summed E-state index contributed by atoms with van der Waals surface area (Å²) in [7, 11) is 1.70. The Morgan fingerprint density at radius 1 is 1.19 bits per heavy atom. The SMILES string of the molecule is COCC(C)CNCC(O)COC(C)(C)C. The Labute approximate surface area is 99.3 Å². The molecule has 0 aromatic heterocycles. The van der Waals surface area contributed by atoms with Gasteiger partial charge in [0.25, 0.3) is 0 Å². The van der Waals surface area contributed by atoms with Gasteiger partial charge in [-0.25, -0.2) is 0 Å². The van der Waals surface area contributed by atoms with Crippen LogP contribution in [0.25, 0.3) is 0 Å². The standard InChI is InChI=1S/C12H27NO3/c1-10(8-15-5)6-13-7-11(14)9-16-12(2,3)4/h10-11,13-14H,6-9H2,1-5H3. The maximum Gasteiger partial charge on any atom is 0.0897 e. The van der Waals surface area contributed by atoms with Crippen LogP contribution in [0.3, 0.4) is 0 Å². The van der Waals surface area contributed by atoms with Crippen LogP contribution in [0, 0.1) is 5.92 Å². The van der Waals surface area contributed by atoms with Crippen molar-refractivity contribution in [1.82, 2.24) is 5.32 Å². The Kier molecular flexibility index (Phi) is 7.93. The van der Waals surface area contributed by atoms with Crippen LogP contribution in [0.15, 0.2) is 0 Å². The first-order valence-electron chi connectivity index (χ1n) is 5.87. The van der Waals surface area contributed by atoms with Gasteiger partial charge in [0.2, 0.25) is 0 Å². The van der Waals surface area contributed by atoms with Gasteiger partial charge in [0.1, 0.15) is 0 Å². The van der Waals surface area contributed by atoms with Gasteiger partial charge in [0, 0.05) is 20.3 Å². The molecule has 0 spiro atoms. The number of aliphatic hydroxyl groups excluding tert-OH is 1. The van der Waals surface area contributed by atoms with Crippen LogP contribution < -0.4 is 5.32 Å². The molecule has 0 aliphatic heterocycles. The zero-order chi connectivity index (χ0) is 12.6. The summed E-state index contributed by atoms with van der Waals surface area (Å²) in [6.45, 7) is 10.6. The number of rotatable bonds is 8. The van der Waals surface area contributed by atoms with Crippen molar-refractivity contribution in [3.8, 4) is 0 Å². The van der Waals surface area contributed by atoms with Gasteiger partial charge < -0.3 is 19.9 Å². The summed E-state index contributed by atoms with van der Waals surface area (Å²) in [5, 5.41) is 12.8. The number of hydrogen-bond acceptors (Lipinski definition) is 4. The third-order valence-corrected chi connectivity index (χ3v) is 2.03. The van der Waals surface area contributed by atoms with Gasteiger partial charge >= 0.3 is 0 Å². The van der Waals surface area contributed by atoms with E-state index in [2.05, 4.69) is 12.2 Å². The zero-order valence-corrected chi connectivity index (χ0v) is 11.2. The second-order valence-corrected chi connectivity index (χ2v) is 5.30. The summed E-state index contributed by atoms with van der Waals surface area (Å²) in [5.41, 5.74) is -0.190. The molecule has 2 atom stereocenters. The highest BCUT2D eigenvalue weighted by Gasteiger charge is 2.13. The molecule has 0 fully saturated rings. The third-order valence-electron chi connectivity index (χ3n) is 2.03. The summed E-state index contributed by atoms with van der Waals surface area (Å²) < 4.78 is 10.5. The average molecular weight is 233 g/mol. The van der Waals surface area contributed by atoms with Gasteiger partial charge in [-0.1, -0.05) is 6.92 Å². The first-order chi connectivity index (χ1) is 7.35. The molecule has 0 bridgehead atoms. The van der Waals surface area contributed by atoms with Crippen molar-refractivity contribution in [2.24, 2.45) is 5.92 Å². The van der Waals surface area contributed by atoms with Gasteiger partial charge in [-0.05, 0) is 33.2 Å². The normalized spacial score (nSPS) is 16.1. The fraction of sp³-hybridized carbons (Fsp3) is 1.00. The lowest BCUT2D eigenvalue weighted by Crippen LogP contribution is -2.36. The van der Waals surface area contributed by atoms with E-state index in [1.165, 1.54) is 0 Å². The minimum atomic E-state index is -0.450. The quantitative estimate of drug-likeness (QED) is 0.657. The molecule has 0 aromatic carbocycles. The lowest BCUT2D eigenvalue weighted by Gasteiger charge is -2.22. The van der Waals surface area contributed by atoms with Crippen LogP contribution >= 0.6 is 0 Å². The Hall–Kier alpha value is -0.160. The second-order valence-electron chi connectivity index (χ2n) is 5.30. The first-order valence-corrected chi connectivity index (χ1v) is 5.87. The average Bonchev–Trinajstić information content (AvgIpc) is 2.14. The topological polar surface area (TPSA) is 50.7 Å². The fourth-order valence-corrected chi connectivity index (χ4v) is 1.24. The minimum absolute atomic E-state index is 0.190. The zero-order valence-electron chi connectivity index (χ0n) is 11.2. The lowest BCUT2D eigenvalue weighted by atomic mass is 10.2. The predicted octanol–water partition coefficient (Wildman–Crippen LogP) is 1.03. The molecule has 0 radical (unpaired) electrons. The molecule has 0 rings (SSSR count). The monoisotopic (exact) mass is 233 g/mol. The number of ether oxygens (including phenoxy) is 2. The maximum absolute atomic E-state index is 9.64. The summed E-state index contributed by atoms with van der Waals surface area (Å²) in [5.74, 6) is 0.459. The molecule has 4 nitrogen and oxygen atoms in total. The van der Waals surface area contributed by atoms with E-state index in [4.69, 9.17) is 9.47 Å². The van der Waals surface area contributed by atoms with Crippen LogP contribution in [0.5, 0.6) is 0 Å². The predicted molar refractivity (Wildman–Crippen MR) is 65.6 cm³/mol. The molecule has 0 amide bonds. The van der Waals surface area contributed by atoms with E-state index in [1.54, 1.807) is 7.11 Å². The van der Waals surface area contributed by atoms with E-state index in [0.29, 0.717) is 19.1 Å². The molecular formula is C12H27NO3. The highest BCUT2D eigenvalue weighted by atomic mass is 16.5. The fourth-order valence-electron chi connectivity index (χ4n) is 1.24. The molecule has 0 aromatic rings. The van der Waals surface area contributed by atoms with Crippen LogP contribution in [0.2, 0.25) is 0 Å². The van der Waals surface area contributed by atoms with E-state index in [1.807, 2.05) is 20.8 Å². The second kappa shape index (κ2) is 8.01. The summed E-state index contributed by atoms with van der Waals surface area (Å²) in [6, 6.07) is 0. The summed E-state index contributed by atoms with van der Waals surface area (Å²) in [6.07, 6.45) is -0.450. The lowest BCUT2D eigenvalue weighted by molar-refractivity contribution is -0.0480. The van der Waals surface area contributed by atoms with Crippen LogP contribution in [0.4, 0.5) is 0 Å². The highest BCUT2D eigenvalue weighted by Crippen LogP contribution is 2.06. The van der Waals surface area contributed by atoms with E-state index < -0.39 is 6.10 Å². The Bertz CT molecular complexity index is 168. The van der Waals surface area contributed by atoms with Crippen molar-refractivity contribution >= 4 is 0 Å². The molecule has 2 N–H and O–H groups in total. The first kappa shape index (κ1) is 15.8. The molecule has 4 heteroatoms. The number of hydrogen-bond donors (Lipinski definition) is 2. The highest BCUT2D eigenvalue weighted by molar-refractivity contribution is 4.65. The third kappa shape index (κ3) is 10.4. The van der Waals surface area contributed by atoms with Crippen molar-refractivity contribution in [3.05, 3.63) is 0 Å². The molecule has 2 unspecified atom stereocenters. The molecule has 0 saturated carbocycles. The van der Waals surface area contributed by atoms with Crippen LogP contribution in [0.1, 0.15) is 27.7 Å². The smallest absolute Gasteiger partial charge is 0.0897 e. The summed E-state index contributed by atoms with van der Waals surface area (Å²) >= 11 is 0. The van der Waals surface area contributed by atoms with Crippen molar-refractivity contribution in [3.63, 3.8) is 0 Å². The van der Waals surface area contributed by atoms with Crippen LogP contribution in [-0.2, 0) is 9.47 Å². The summed E-state index contributed by atoms with van der Waals surface area (Å²) in [4.78, 5) is 0. The number of methoxy groups -OCH3 is 1. The van der Waals surface area contributed by atoms with Crippen molar-refractivity contribution in [2.45, 2.75) is 39.4 Å². The van der Waals surface area contributed by atoms with Gasteiger partial charge in [0.05, 0.1) is 18.3 Å². The number of nitrogens with one attached hydrogen (secondary N) is 1. The molecular weight excluding hydrogens is 206 g/mol. The van der Waals surface area contributed by atoms with Crippen molar-refractivity contribution in [1.29, 1.82) is 0 Å². The molecule has 0 aliphatic carbocycles. The van der Waals surface area contributed by atoms with Gasteiger partial charge in [-0.2, -0.15) is 0 Å². The maximum atomic E-state index is 9.64. The van der Waals surface area contributed by atoms with Crippen LogP contribution in [-0.4, -0.2) is 50.2 Å². The molecule has 0 heterocycles. The van der Waals surface area contributed by atoms with E-state index >= 15 is 0 Å².